The van der Waals surface area contributed by atoms with Crippen molar-refractivity contribution >= 4 is 18.4 Å². The summed E-state index contributed by atoms with van der Waals surface area (Å²) in [6, 6.07) is 2.17. The molecule has 0 aliphatic rings. The molecule has 0 aliphatic heterocycles. The van der Waals surface area contributed by atoms with E-state index in [1.807, 2.05) is 0 Å². The lowest BCUT2D eigenvalue weighted by atomic mass is 10.0. The van der Waals surface area contributed by atoms with Gasteiger partial charge in [-0.3, -0.25) is 4.79 Å². The van der Waals surface area contributed by atoms with E-state index in [0.29, 0.717) is 5.56 Å². The molecule has 1 aromatic rings. The van der Waals surface area contributed by atoms with Crippen molar-refractivity contribution in [3.63, 3.8) is 0 Å². The van der Waals surface area contributed by atoms with Crippen LogP contribution < -0.4 is 10.5 Å². The summed E-state index contributed by atoms with van der Waals surface area (Å²) in [4.78, 5) is 11.1. The Labute approximate surface area is 120 Å². The standard InChI is InChI=1S/C12H14F3NO3.ClH/c1-18-10-5-7(12(13,14)15)3-4-8(10)9(16)6-11(17)19-2;/h3-5,9H,6,16H2,1-2H3;1H/t9-;/m0./s1. The Kier molecular flexibility index (Phi) is 6.81. The molecule has 0 spiro atoms. The van der Waals surface area contributed by atoms with Gasteiger partial charge in [-0.25, -0.2) is 0 Å². The summed E-state index contributed by atoms with van der Waals surface area (Å²) in [7, 11) is 2.45. The normalized spacial score (nSPS) is 12.3. The third-order valence-corrected chi connectivity index (χ3v) is 2.57. The summed E-state index contributed by atoms with van der Waals surface area (Å²) in [6.45, 7) is 0. The molecular formula is C12H15ClF3NO3. The molecule has 0 aromatic heterocycles. The predicted octanol–water partition coefficient (Wildman–Crippen LogP) is 2.70. The SMILES string of the molecule is COC(=O)C[C@H](N)c1ccc(C(F)(F)F)cc1OC.Cl. The van der Waals surface area contributed by atoms with Crippen LogP contribution in [0.4, 0.5) is 13.2 Å². The fourth-order valence-electron chi connectivity index (χ4n) is 1.57. The molecule has 2 N–H and O–H groups in total. The molecule has 4 nitrogen and oxygen atoms in total. The van der Waals surface area contributed by atoms with Crippen LogP contribution in [-0.2, 0) is 15.7 Å². The molecule has 0 radical (unpaired) electrons. The zero-order valence-corrected chi connectivity index (χ0v) is 11.7. The van der Waals surface area contributed by atoms with Crippen molar-refractivity contribution in [2.24, 2.45) is 5.73 Å². The van der Waals surface area contributed by atoms with Gasteiger partial charge in [-0.2, -0.15) is 13.2 Å². The maximum absolute atomic E-state index is 12.5. The molecule has 0 heterocycles. The van der Waals surface area contributed by atoms with Crippen LogP contribution in [0.3, 0.4) is 0 Å². The van der Waals surface area contributed by atoms with Gasteiger partial charge in [0.15, 0.2) is 0 Å². The summed E-state index contributed by atoms with van der Waals surface area (Å²) in [6.07, 6.45) is -4.60. The Bertz CT molecular complexity index is 466. The molecule has 8 heteroatoms. The zero-order chi connectivity index (χ0) is 14.6. The fraction of sp³-hybridized carbons (Fsp3) is 0.417. The first-order chi connectivity index (χ1) is 8.79. The largest absolute Gasteiger partial charge is 0.496 e. The maximum Gasteiger partial charge on any atom is 0.416 e. The Hall–Kier alpha value is -1.47. The van der Waals surface area contributed by atoms with Crippen LogP contribution in [0.2, 0.25) is 0 Å². The van der Waals surface area contributed by atoms with Crippen molar-refractivity contribution in [3.8, 4) is 5.75 Å². The van der Waals surface area contributed by atoms with E-state index in [1.165, 1.54) is 20.3 Å². The number of hydrogen-bond donors (Lipinski definition) is 1. The van der Waals surface area contributed by atoms with E-state index in [1.54, 1.807) is 0 Å². The topological polar surface area (TPSA) is 61.5 Å². The number of hydrogen-bond acceptors (Lipinski definition) is 4. The molecule has 1 atom stereocenters. The molecule has 0 unspecified atom stereocenters. The smallest absolute Gasteiger partial charge is 0.416 e. The number of methoxy groups -OCH3 is 2. The summed E-state index contributed by atoms with van der Waals surface area (Å²) in [5, 5.41) is 0. The van der Waals surface area contributed by atoms with Crippen LogP contribution in [0, 0.1) is 0 Å². The highest BCUT2D eigenvalue weighted by molar-refractivity contribution is 5.85. The number of ether oxygens (including phenoxy) is 2. The van der Waals surface area contributed by atoms with Crippen LogP contribution in [-0.4, -0.2) is 20.2 Å². The zero-order valence-electron chi connectivity index (χ0n) is 10.9. The van der Waals surface area contributed by atoms with Gasteiger partial charge in [0.2, 0.25) is 0 Å². The van der Waals surface area contributed by atoms with Crippen LogP contribution in [0.15, 0.2) is 18.2 Å². The maximum atomic E-state index is 12.5. The number of benzene rings is 1. The fourth-order valence-corrected chi connectivity index (χ4v) is 1.57. The van der Waals surface area contributed by atoms with Crippen LogP contribution in [0.25, 0.3) is 0 Å². The molecule has 0 saturated carbocycles. The van der Waals surface area contributed by atoms with Crippen LogP contribution in [0.1, 0.15) is 23.6 Å². The summed E-state index contributed by atoms with van der Waals surface area (Å²) in [5.41, 5.74) is 5.23. The monoisotopic (exact) mass is 313 g/mol. The van der Waals surface area contributed by atoms with Gasteiger partial charge in [0.25, 0.3) is 0 Å². The van der Waals surface area contributed by atoms with E-state index in [2.05, 4.69) is 4.74 Å². The number of carbonyl (C=O) groups is 1. The van der Waals surface area contributed by atoms with Crippen molar-refractivity contribution in [3.05, 3.63) is 29.3 Å². The quantitative estimate of drug-likeness (QED) is 0.868. The van der Waals surface area contributed by atoms with Gasteiger partial charge < -0.3 is 15.2 Å². The van der Waals surface area contributed by atoms with Crippen LogP contribution in [0.5, 0.6) is 5.75 Å². The minimum atomic E-state index is -4.46. The highest BCUT2D eigenvalue weighted by atomic mass is 35.5. The first-order valence-electron chi connectivity index (χ1n) is 5.37. The highest BCUT2D eigenvalue weighted by Crippen LogP contribution is 2.35. The summed E-state index contributed by atoms with van der Waals surface area (Å²) in [5.74, 6) is -0.555. The minimum absolute atomic E-state index is 0. The van der Waals surface area contributed by atoms with Gasteiger partial charge in [0.1, 0.15) is 5.75 Å². The van der Waals surface area contributed by atoms with Crippen molar-refractivity contribution < 1.29 is 27.4 Å². The average molecular weight is 314 g/mol. The van der Waals surface area contributed by atoms with Crippen molar-refractivity contribution in [2.45, 2.75) is 18.6 Å². The van der Waals surface area contributed by atoms with Gasteiger partial charge in [-0.1, -0.05) is 6.07 Å². The van der Waals surface area contributed by atoms with Gasteiger partial charge in [-0.15, -0.1) is 12.4 Å². The third-order valence-electron chi connectivity index (χ3n) is 2.57. The van der Waals surface area contributed by atoms with E-state index in [4.69, 9.17) is 10.5 Å². The van der Waals surface area contributed by atoms with Gasteiger partial charge >= 0.3 is 12.1 Å². The molecule has 0 bridgehead atoms. The molecule has 0 aliphatic carbocycles. The lowest BCUT2D eigenvalue weighted by Gasteiger charge is -2.16. The first-order valence-corrected chi connectivity index (χ1v) is 5.37. The molecule has 114 valence electrons. The molecule has 20 heavy (non-hydrogen) atoms. The number of esters is 1. The van der Waals surface area contributed by atoms with E-state index < -0.39 is 23.8 Å². The number of alkyl halides is 3. The number of halogens is 4. The number of nitrogens with two attached hydrogens (primary N) is 1. The lowest BCUT2D eigenvalue weighted by Crippen LogP contribution is -2.17. The summed E-state index contributed by atoms with van der Waals surface area (Å²) < 4.78 is 47.0. The Morgan fingerprint density at radius 2 is 1.95 bits per heavy atom. The lowest BCUT2D eigenvalue weighted by molar-refractivity contribution is -0.141. The van der Waals surface area contributed by atoms with Crippen molar-refractivity contribution in [1.82, 2.24) is 0 Å². The Morgan fingerprint density at radius 3 is 2.40 bits per heavy atom. The van der Waals surface area contributed by atoms with E-state index in [0.717, 1.165) is 12.1 Å². The van der Waals surface area contributed by atoms with E-state index in [-0.39, 0.29) is 24.6 Å². The third kappa shape index (κ3) is 4.57. The van der Waals surface area contributed by atoms with Gasteiger partial charge in [-0.05, 0) is 12.1 Å². The number of rotatable bonds is 4. The average Bonchev–Trinajstić information content (AvgIpc) is 2.36. The minimum Gasteiger partial charge on any atom is -0.496 e. The second kappa shape index (κ2) is 7.35. The first kappa shape index (κ1) is 18.5. The van der Waals surface area contributed by atoms with Crippen molar-refractivity contribution in [1.29, 1.82) is 0 Å². The van der Waals surface area contributed by atoms with E-state index >= 15 is 0 Å². The van der Waals surface area contributed by atoms with Crippen molar-refractivity contribution in [2.75, 3.05) is 14.2 Å². The predicted molar refractivity (Wildman–Crippen MR) is 68.8 cm³/mol. The van der Waals surface area contributed by atoms with Gasteiger partial charge in [0.05, 0.1) is 26.2 Å². The summed E-state index contributed by atoms with van der Waals surface area (Å²) >= 11 is 0. The van der Waals surface area contributed by atoms with Gasteiger partial charge in [0, 0.05) is 11.6 Å². The molecule has 1 aromatic carbocycles. The molecule has 0 fully saturated rings. The number of carbonyl (C=O) groups excluding carboxylic acids is 1. The molecule has 1 rings (SSSR count). The molecule has 0 saturated heterocycles. The highest BCUT2D eigenvalue weighted by Gasteiger charge is 2.31. The molecular weight excluding hydrogens is 299 g/mol. The Morgan fingerprint density at radius 1 is 1.35 bits per heavy atom. The molecule has 0 amide bonds. The van der Waals surface area contributed by atoms with E-state index in [9.17, 15) is 18.0 Å². The van der Waals surface area contributed by atoms with Crippen LogP contribution >= 0.6 is 12.4 Å². The Balaban J connectivity index is 0.00000361. The second-order valence-corrected chi connectivity index (χ2v) is 3.84. The second-order valence-electron chi connectivity index (χ2n) is 3.84.